The molecule has 3 aliphatic carbocycles. The van der Waals surface area contributed by atoms with Crippen molar-refractivity contribution in [2.45, 2.75) is 77.0 Å². The molecule has 3 radical (unpaired) electrons. The van der Waals surface area contributed by atoms with Crippen LogP contribution in [0.25, 0.3) is 0 Å². The Balaban J connectivity index is 0.00000216. The van der Waals surface area contributed by atoms with Crippen molar-refractivity contribution < 1.29 is 70.1 Å². The maximum Gasteiger partial charge on any atom is 0.227 e. The Kier molecular flexibility index (Phi) is 15.8. The second kappa shape index (κ2) is 17.1. The van der Waals surface area contributed by atoms with E-state index in [2.05, 4.69) is 35.2 Å². The minimum atomic E-state index is 0. The van der Waals surface area contributed by atoms with Crippen molar-refractivity contribution in [2.24, 2.45) is 17.8 Å². The van der Waals surface area contributed by atoms with E-state index < -0.39 is 0 Å². The number of anilines is 3. The van der Waals surface area contributed by atoms with Crippen LogP contribution in [0.5, 0.6) is 0 Å². The van der Waals surface area contributed by atoms with E-state index in [1.807, 2.05) is 0 Å². The monoisotopic (exact) mass is 603 g/mol. The van der Waals surface area contributed by atoms with Gasteiger partial charge < -0.3 is 35.2 Å². The van der Waals surface area contributed by atoms with Crippen LogP contribution in [-0.2, 0) is 70.1 Å². The molecule has 1 aromatic rings. The predicted molar refractivity (Wildman–Crippen MR) is 131 cm³/mol. The SMILES string of the molecule is O=C(Nc1cc(NC(=O)C2CC[CH-]CC2)cc(NC(=O)C2CC[CH-]CC2)c1)C1CC[CH-]CC1.[V].[V].[V]. The fraction of sp³-hybridized carbons (Fsp3) is 0.556. The number of hydrogen-bond acceptors (Lipinski definition) is 3. The van der Waals surface area contributed by atoms with E-state index in [1.54, 1.807) is 18.2 Å². The van der Waals surface area contributed by atoms with Crippen molar-refractivity contribution in [1.82, 2.24) is 0 Å². The number of hydrogen-bond donors (Lipinski definition) is 3. The van der Waals surface area contributed by atoms with Crippen LogP contribution in [0, 0.1) is 37.0 Å². The van der Waals surface area contributed by atoms with Gasteiger partial charge >= 0.3 is 0 Å². The molecule has 3 aliphatic rings. The number of rotatable bonds is 6. The molecule has 3 N–H and O–H groups in total. The predicted octanol–water partition coefficient (Wildman–Crippen LogP) is 5.68. The second-order valence-electron chi connectivity index (χ2n) is 9.69. The van der Waals surface area contributed by atoms with E-state index in [0.29, 0.717) is 17.1 Å². The number of carbonyl (C=O) groups excluding carboxylic acids is 3. The summed E-state index contributed by atoms with van der Waals surface area (Å²) < 4.78 is 0. The quantitative estimate of drug-likeness (QED) is 0.366. The number of amides is 3. The molecule has 0 spiro atoms. The Morgan fingerprint density at radius 3 is 0.944 bits per heavy atom. The third-order valence-corrected chi connectivity index (χ3v) is 7.16. The summed E-state index contributed by atoms with van der Waals surface area (Å²) in [5.41, 5.74) is 1.82. The van der Waals surface area contributed by atoms with Crippen LogP contribution in [0.15, 0.2) is 18.2 Å². The van der Waals surface area contributed by atoms with E-state index in [1.165, 1.54) is 0 Å². The minimum absolute atomic E-state index is 0. The molecule has 3 amide bonds. The first kappa shape index (κ1) is 33.4. The summed E-state index contributed by atoms with van der Waals surface area (Å²) in [6.07, 6.45) is 17.7. The zero-order valence-electron chi connectivity index (χ0n) is 20.7. The van der Waals surface area contributed by atoms with E-state index in [0.717, 1.165) is 77.0 Å². The fourth-order valence-corrected chi connectivity index (χ4v) is 5.14. The van der Waals surface area contributed by atoms with E-state index in [9.17, 15) is 14.4 Å². The maximum atomic E-state index is 12.8. The van der Waals surface area contributed by atoms with E-state index >= 15 is 0 Å². The first-order valence-corrected chi connectivity index (χ1v) is 12.6. The van der Waals surface area contributed by atoms with Gasteiger partial charge in [-0.15, -0.1) is 0 Å². The molecule has 9 heteroatoms. The molecule has 3 saturated carbocycles. The summed E-state index contributed by atoms with van der Waals surface area (Å²) >= 11 is 0. The van der Waals surface area contributed by atoms with Crippen molar-refractivity contribution in [3.63, 3.8) is 0 Å². The van der Waals surface area contributed by atoms with Gasteiger partial charge in [0.2, 0.25) is 17.7 Å². The van der Waals surface area contributed by atoms with Crippen molar-refractivity contribution >= 4 is 34.8 Å². The molecule has 0 aromatic heterocycles. The molecular weight excluding hydrogens is 567 g/mol. The molecule has 0 atom stereocenters. The average molecular weight is 603 g/mol. The van der Waals surface area contributed by atoms with Crippen LogP contribution in [-0.4, -0.2) is 17.7 Å². The Bertz CT molecular complexity index is 728. The minimum Gasteiger partial charge on any atom is -0.328 e. The van der Waals surface area contributed by atoms with Gasteiger partial charge in [-0.2, -0.15) is 38.5 Å². The average Bonchev–Trinajstić information content (AvgIpc) is 2.85. The topological polar surface area (TPSA) is 87.3 Å². The van der Waals surface area contributed by atoms with E-state index in [-0.39, 0.29) is 91.1 Å². The maximum absolute atomic E-state index is 12.8. The van der Waals surface area contributed by atoms with Crippen LogP contribution in [0.1, 0.15) is 77.0 Å². The number of carbonyl (C=O) groups is 3. The third kappa shape index (κ3) is 9.93. The molecule has 36 heavy (non-hydrogen) atoms. The van der Waals surface area contributed by atoms with Crippen molar-refractivity contribution in [1.29, 1.82) is 0 Å². The summed E-state index contributed by atoms with van der Waals surface area (Å²) in [4.78, 5) is 38.5. The second-order valence-corrected chi connectivity index (χ2v) is 9.69. The van der Waals surface area contributed by atoms with Crippen LogP contribution < -0.4 is 16.0 Å². The molecule has 0 bridgehead atoms. The molecule has 195 valence electrons. The van der Waals surface area contributed by atoms with Gasteiger partial charge in [-0.3, -0.25) is 14.4 Å². The van der Waals surface area contributed by atoms with Crippen LogP contribution >= 0.6 is 0 Å². The molecule has 0 unspecified atom stereocenters. The van der Waals surface area contributed by atoms with Crippen molar-refractivity contribution in [3.05, 3.63) is 37.5 Å². The standard InChI is InChI=1S/C27H36N3O3.3V/c31-25(19-10-4-1-5-11-19)28-22-16-23(29-26(32)20-12-6-2-7-13-20)18-24(17-22)30-27(33)21-14-8-3-9-15-21;;;/h1-3,16-21H,4-15H2,(H,28,31)(H,29,32)(H,30,33);;;/q-3;;;. The zero-order valence-corrected chi connectivity index (χ0v) is 24.9. The Labute approximate surface area is 251 Å². The molecule has 1 aromatic carbocycles. The van der Waals surface area contributed by atoms with Gasteiger partial charge in [0.05, 0.1) is 0 Å². The molecule has 6 nitrogen and oxygen atoms in total. The number of benzene rings is 1. The van der Waals surface area contributed by atoms with Crippen LogP contribution in [0.2, 0.25) is 0 Å². The van der Waals surface area contributed by atoms with E-state index in [4.69, 9.17) is 0 Å². The van der Waals surface area contributed by atoms with Crippen LogP contribution in [0.3, 0.4) is 0 Å². The van der Waals surface area contributed by atoms with Gasteiger partial charge in [-0.25, -0.2) is 0 Å². The normalized spacial score (nSPS) is 19.0. The zero-order chi connectivity index (χ0) is 23.0. The Hall–Kier alpha value is -0.617. The van der Waals surface area contributed by atoms with Gasteiger partial charge in [-0.05, 0) is 18.2 Å². The first-order chi connectivity index (χ1) is 16.1. The molecule has 4 rings (SSSR count). The summed E-state index contributed by atoms with van der Waals surface area (Å²) in [7, 11) is 0. The third-order valence-electron chi connectivity index (χ3n) is 7.16. The van der Waals surface area contributed by atoms with Crippen molar-refractivity contribution in [2.75, 3.05) is 16.0 Å². The molecular formula is C27H36N3O3V3-3. The van der Waals surface area contributed by atoms with Gasteiger partial charge in [-0.1, -0.05) is 38.5 Å². The van der Waals surface area contributed by atoms with Gasteiger partial charge in [0.25, 0.3) is 0 Å². The largest absolute Gasteiger partial charge is 0.328 e. The van der Waals surface area contributed by atoms with Crippen molar-refractivity contribution in [3.8, 4) is 0 Å². The molecule has 0 heterocycles. The summed E-state index contributed by atoms with van der Waals surface area (Å²) in [5.74, 6) is 0.0354. The van der Waals surface area contributed by atoms with Crippen LogP contribution in [0.4, 0.5) is 17.1 Å². The Morgan fingerprint density at radius 2 is 0.722 bits per heavy atom. The first-order valence-electron chi connectivity index (χ1n) is 12.6. The molecule has 0 saturated heterocycles. The van der Waals surface area contributed by atoms with Gasteiger partial charge in [0.15, 0.2) is 0 Å². The van der Waals surface area contributed by atoms with Gasteiger partial charge in [0, 0.05) is 90.5 Å². The fourth-order valence-electron chi connectivity index (χ4n) is 5.14. The summed E-state index contributed by atoms with van der Waals surface area (Å²) in [6, 6.07) is 5.39. The molecule has 3 fully saturated rings. The summed E-state index contributed by atoms with van der Waals surface area (Å²) in [6.45, 7) is 0. The molecule has 0 aliphatic heterocycles. The smallest absolute Gasteiger partial charge is 0.227 e. The van der Waals surface area contributed by atoms with Gasteiger partial charge in [0.1, 0.15) is 0 Å². The Morgan fingerprint density at radius 1 is 0.500 bits per heavy atom. The number of nitrogens with one attached hydrogen (secondary N) is 3. The summed E-state index contributed by atoms with van der Waals surface area (Å²) in [5, 5.41) is 9.10.